The number of thiophene rings is 1. The Bertz CT molecular complexity index is 1080. The average molecular weight is 501 g/mol. The van der Waals surface area contributed by atoms with Crippen molar-refractivity contribution in [3.63, 3.8) is 0 Å². The van der Waals surface area contributed by atoms with Crippen molar-refractivity contribution in [1.82, 2.24) is 0 Å². The molecule has 1 aliphatic heterocycles. The molecule has 0 aliphatic carbocycles. The van der Waals surface area contributed by atoms with Gasteiger partial charge in [-0.25, -0.2) is 17.1 Å². The van der Waals surface area contributed by atoms with Crippen molar-refractivity contribution >= 4 is 49.6 Å². The van der Waals surface area contributed by atoms with Crippen molar-refractivity contribution in [2.75, 3.05) is 11.4 Å². The summed E-state index contributed by atoms with van der Waals surface area (Å²) < 4.78 is 48.7. The lowest BCUT2D eigenvalue weighted by Crippen LogP contribution is -2.35. The lowest BCUT2D eigenvalue weighted by Gasteiger charge is -2.33. The van der Waals surface area contributed by atoms with Crippen molar-refractivity contribution in [3.8, 4) is 16.2 Å². The third-order valence-electron chi connectivity index (χ3n) is 4.20. The molecule has 0 fully saturated rings. The number of nitrogens with zero attached hydrogens (tertiary/aromatic N) is 1. The van der Waals surface area contributed by atoms with Gasteiger partial charge in [-0.2, -0.15) is 0 Å². The van der Waals surface area contributed by atoms with Gasteiger partial charge in [-0.15, -0.1) is 11.3 Å². The van der Waals surface area contributed by atoms with E-state index >= 15 is 4.39 Å². The maximum Gasteiger partial charge on any atom is 0.267 e. The van der Waals surface area contributed by atoms with E-state index in [-0.39, 0.29) is 4.90 Å². The summed E-state index contributed by atoms with van der Waals surface area (Å²) in [4.78, 5) is 0.781. The molecule has 1 aromatic heterocycles. The van der Waals surface area contributed by atoms with Crippen LogP contribution in [0.2, 0.25) is 0 Å². The third-order valence-corrected chi connectivity index (χ3v) is 7.89. The number of sulfonamides is 1. The van der Waals surface area contributed by atoms with Crippen LogP contribution in [0.5, 0.6) is 5.75 Å². The van der Waals surface area contributed by atoms with Crippen LogP contribution in [0.15, 0.2) is 59.5 Å². The summed E-state index contributed by atoms with van der Waals surface area (Å²) in [5.74, 6) is 0.538. The second-order valence-corrected chi connectivity index (χ2v) is 10.4. The van der Waals surface area contributed by atoms with Crippen LogP contribution < -0.4 is 9.04 Å². The van der Waals surface area contributed by atoms with Gasteiger partial charge in [-0.1, -0.05) is 24.3 Å². The summed E-state index contributed by atoms with van der Waals surface area (Å²) in [6.45, 7) is 0. The van der Waals surface area contributed by atoms with Crippen LogP contribution in [0.4, 0.5) is 10.1 Å². The zero-order valence-corrected chi connectivity index (χ0v) is 17.3. The number of hydrogen-bond acceptors (Lipinski definition) is 4. The molecule has 0 N–H and O–H groups in total. The Kier molecular flexibility index (Phi) is 4.44. The summed E-state index contributed by atoms with van der Waals surface area (Å²) in [6.07, 6.45) is -1.78. The fourth-order valence-corrected chi connectivity index (χ4v) is 6.39. The van der Waals surface area contributed by atoms with Crippen LogP contribution in [0, 0.1) is 2.88 Å². The molecule has 2 heterocycles. The van der Waals surface area contributed by atoms with Gasteiger partial charge in [0.15, 0.2) is 0 Å². The van der Waals surface area contributed by atoms with E-state index in [0.29, 0.717) is 17.0 Å². The van der Waals surface area contributed by atoms with Crippen molar-refractivity contribution in [2.24, 2.45) is 0 Å². The fourth-order valence-electron chi connectivity index (χ4n) is 2.98. The van der Waals surface area contributed by atoms with Crippen molar-refractivity contribution in [2.45, 2.75) is 11.2 Å². The first-order valence-corrected chi connectivity index (χ1v) is 11.0. The summed E-state index contributed by atoms with van der Waals surface area (Å²) in [5.41, 5.74) is 1.47. The maximum absolute atomic E-state index is 15.4. The van der Waals surface area contributed by atoms with Gasteiger partial charge in [-0.05, 0) is 52.9 Å². The fraction of sp³-hybridized carbons (Fsp3) is 0.111. The Labute approximate surface area is 168 Å². The first kappa shape index (κ1) is 17.7. The Hall–Kier alpha value is -1.65. The smallest absolute Gasteiger partial charge is 0.267 e. The van der Waals surface area contributed by atoms with Gasteiger partial charge in [-0.3, -0.25) is 0 Å². The highest BCUT2D eigenvalue weighted by atomic mass is 127. The molecule has 0 saturated carbocycles. The number of hydrogen-bond donors (Lipinski definition) is 0. The van der Waals surface area contributed by atoms with Crippen LogP contribution in [-0.4, -0.2) is 15.5 Å². The molecular weight excluding hydrogens is 488 g/mol. The molecule has 1 aliphatic rings. The molecule has 4 nitrogen and oxygen atoms in total. The lowest BCUT2D eigenvalue weighted by molar-refractivity contribution is 0.355. The number of benzene rings is 2. The highest BCUT2D eigenvalue weighted by Crippen LogP contribution is 2.51. The molecule has 0 saturated heterocycles. The van der Waals surface area contributed by atoms with Gasteiger partial charge in [0, 0.05) is 11.1 Å². The zero-order valence-electron chi connectivity index (χ0n) is 13.5. The maximum atomic E-state index is 15.4. The van der Waals surface area contributed by atoms with E-state index in [9.17, 15) is 8.42 Å². The molecular formula is C18H13FINO3S2. The van der Waals surface area contributed by atoms with Crippen LogP contribution in [-0.2, 0) is 10.0 Å². The quantitative estimate of drug-likeness (QED) is 0.366. The van der Waals surface area contributed by atoms with Gasteiger partial charge >= 0.3 is 0 Å². The molecule has 2 aromatic carbocycles. The normalized spacial score (nSPS) is 16.1. The van der Waals surface area contributed by atoms with Crippen LogP contribution in [0.25, 0.3) is 10.4 Å². The first-order chi connectivity index (χ1) is 12.4. The second-order valence-electron chi connectivity index (χ2n) is 5.66. The number of methoxy groups -OCH3 is 1. The largest absolute Gasteiger partial charge is 0.497 e. The van der Waals surface area contributed by atoms with Gasteiger partial charge in [0.1, 0.15) is 5.75 Å². The van der Waals surface area contributed by atoms with E-state index in [4.69, 9.17) is 4.74 Å². The van der Waals surface area contributed by atoms with Crippen molar-refractivity contribution in [3.05, 3.63) is 63.0 Å². The van der Waals surface area contributed by atoms with Gasteiger partial charge in [0.05, 0.1) is 25.5 Å². The second kappa shape index (κ2) is 6.50. The van der Waals surface area contributed by atoms with E-state index in [1.165, 1.54) is 30.6 Å². The Balaban J connectivity index is 1.90. The number of ether oxygens (including phenoxy) is 1. The third kappa shape index (κ3) is 2.71. The molecule has 0 bridgehead atoms. The van der Waals surface area contributed by atoms with E-state index < -0.39 is 16.3 Å². The minimum Gasteiger partial charge on any atom is -0.497 e. The van der Waals surface area contributed by atoms with E-state index in [1.54, 1.807) is 30.3 Å². The molecule has 26 heavy (non-hydrogen) atoms. The molecule has 134 valence electrons. The molecule has 4 rings (SSSR count). The SMILES string of the molecule is COc1ccc(S(=O)(=O)N2c3cc(I)sc3-c3ccccc3[C@@H]2F)cc1. The minimum atomic E-state index is -4.07. The highest BCUT2D eigenvalue weighted by Gasteiger charge is 2.40. The minimum absolute atomic E-state index is 0.0208. The number of alkyl halides is 1. The summed E-state index contributed by atoms with van der Waals surface area (Å²) in [6, 6.07) is 14.7. The number of rotatable bonds is 3. The molecule has 0 radical (unpaired) electrons. The number of fused-ring (bicyclic) bond motifs is 3. The Morgan fingerprint density at radius 2 is 1.85 bits per heavy atom. The number of anilines is 1. The Morgan fingerprint density at radius 1 is 1.15 bits per heavy atom. The van der Waals surface area contributed by atoms with Crippen LogP contribution in [0.3, 0.4) is 0 Å². The van der Waals surface area contributed by atoms with Crippen LogP contribution in [0.1, 0.15) is 11.9 Å². The molecule has 0 amide bonds. The van der Waals surface area contributed by atoms with E-state index in [2.05, 4.69) is 22.6 Å². The summed E-state index contributed by atoms with van der Waals surface area (Å²) in [5, 5.41) is 0. The van der Waals surface area contributed by atoms with Crippen LogP contribution >= 0.6 is 33.9 Å². The molecule has 1 atom stereocenters. The highest BCUT2D eigenvalue weighted by molar-refractivity contribution is 14.1. The molecule has 3 aromatic rings. The monoisotopic (exact) mass is 501 g/mol. The molecule has 0 spiro atoms. The summed E-state index contributed by atoms with van der Waals surface area (Å²) in [7, 11) is -2.57. The van der Waals surface area contributed by atoms with Gasteiger partial charge < -0.3 is 4.74 Å². The predicted molar refractivity (Wildman–Crippen MR) is 109 cm³/mol. The standard InChI is InChI=1S/C18H13FINO3S2/c1-24-11-6-8-12(9-7-11)26(22,23)21-15-10-16(20)25-17(15)13-4-2-3-5-14(13)18(21)19/h2-10,18H,1H3/t18-/m1/s1. The van der Waals surface area contributed by atoms with Crippen molar-refractivity contribution < 1.29 is 17.5 Å². The zero-order chi connectivity index (χ0) is 18.5. The topological polar surface area (TPSA) is 46.6 Å². The average Bonchev–Trinajstić information content (AvgIpc) is 3.03. The molecule has 8 heteroatoms. The van der Waals surface area contributed by atoms with Gasteiger partial charge in [0.2, 0.25) is 6.30 Å². The first-order valence-electron chi connectivity index (χ1n) is 7.64. The number of halogens is 2. The predicted octanol–water partition coefficient (Wildman–Crippen LogP) is 5.21. The van der Waals surface area contributed by atoms with E-state index in [0.717, 1.165) is 17.6 Å². The summed E-state index contributed by atoms with van der Waals surface area (Å²) >= 11 is 3.58. The van der Waals surface area contributed by atoms with Crippen molar-refractivity contribution in [1.29, 1.82) is 0 Å². The molecule has 0 unspecified atom stereocenters. The lowest BCUT2D eigenvalue weighted by atomic mass is 10.0. The Morgan fingerprint density at radius 3 is 2.54 bits per heavy atom. The van der Waals surface area contributed by atoms with E-state index in [1.807, 2.05) is 12.1 Å². The van der Waals surface area contributed by atoms with Gasteiger partial charge in [0.25, 0.3) is 10.0 Å².